The summed E-state index contributed by atoms with van der Waals surface area (Å²) in [5.41, 5.74) is 0. The van der Waals surface area contributed by atoms with Crippen LogP contribution in [0.15, 0.2) is 0 Å². The maximum absolute atomic E-state index is 12.5. The molecule has 0 radical (unpaired) electrons. The first kappa shape index (κ1) is 54.0. The van der Waals surface area contributed by atoms with Gasteiger partial charge in [0.2, 0.25) is 0 Å². The summed E-state index contributed by atoms with van der Waals surface area (Å²) < 4.78 is 32.1. The van der Waals surface area contributed by atoms with Crippen LogP contribution in [-0.4, -0.2) is 43.3 Å². The van der Waals surface area contributed by atoms with Gasteiger partial charge in [-0.15, -0.1) is 0 Å². The minimum atomic E-state index is -4.26. The molecule has 0 fully saturated rings. The second kappa shape index (κ2) is 42.7. The van der Waals surface area contributed by atoms with Crippen molar-refractivity contribution in [2.75, 3.05) is 20.3 Å². The Labute approximate surface area is 340 Å². The highest BCUT2D eigenvalue weighted by atomic mass is 31.2. The van der Waals surface area contributed by atoms with E-state index in [4.69, 9.17) is 14.0 Å². The van der Waals surface area contributed by atoms with Gasteiger partial charge in [-0.2, -0.15) is 0 Å². The number of carbonyl (C=O) groups excluding carboxylic acids is 2. The molecule has 55 heavy (non-hydrogen) atoms. The number of rotatable bonds is 45. The van der Waals surface area contributed by atoms with Gasteiger partial charge in [0, 0.05) is 20.0 Å². The molecule has 0 rings (SSSR count). The average Bonchev–Trinajstić information content (AvgIpc) is 3.18. The van der Waals surface area contributed by atoms with Crippen LogP contribution in [0.2, 0.25) is 0 Å². The first-order valence-electron chi connectivity index (χ1n) is 23.7. The van der Waals surface area contributed by atoms with E-state index in [9.17, 15) is 19.0 Å². The van der Waals surface area contributed by atoms with Crippen LogP contribution in [0.4, 0.5) is 0 Å². The number of hydrogen-bond acceptors (Lipinski definition) is 7. The summed E-state index contributed by atoms with van der Waals surface area (Å²) in [6, 6.07) is 0. The fraction of sp³-hybridized carbons (Fsp3) is 0.957. The Morgan fingerprint density at radius 3 is 1.00 bits per heavy atom. The molecule has 0 aliphatic carbocycles. The summed E-state index contributed by atoms with van der Waals surface area (Å²) in [5.74, 6) is -0.783. The standard InChI is InChI=1S/C46H91O8P/c1-4-6-8-10-12-14-16-18-20-21-22-23-24-25-27-29-31-33-35-37-39-41-46(48)54-44(43-53-55(49,50)51-3)42-52-45(47)40-38-36-34-32-30-28-26-19-17-15-13-11-9-7-5-2/h44H,4-43H2,1-3H3,(H,49,50). The lowest BCUT2D eigenvalue weighted by Gasteiger charge is -2.19. The van der Waals surface area contributed by atoms with E-state index in [1.807, 2.05) is 0 Å². The summed E-state index contributed by atoms with van der Waals surface area (Å²) in [5, 5.41) is 0. The molecule has 0 aromatic heterocycles. The van der Waals surface area contributed by atoms with Gasteiger partial charge in [-0.3, -0.25) is 18.6 Å². The maximum atomic E-state index is 12.5. The van der Waals surface area contributed by atoms with Crippen molar-refractivity contribution in [3.63, 3.8) is 0 Å². The van der Waals surface area contributed by atoms with Crippen LogP contribution in [-0.2, 0) is 32.7 Å². The molecule has 1 N–H and O–H groups in total. The molecule has 2 unspecified atom stereocenters. The second-order valence-corrected chi connectivity index (χ2v) is 17.8. The van der Waals surface area contributed by atoms with Crippen LogP contribution in [0.1, 0.15) is 258 Å². The van der Waals surface area contributed by atoms with Crippen molar-refractivity contribution in [1.29, 1.82) is 0 Å². The number of ether oxygens (including phenoxy) is 2. The Balaban J connectivity index is 3.87. The fourth-order valence-electron chi connectivity index (χ4n) is 7.19. The molecule has 0 bridgehead atoms. The van der Waals surface area contributed by atoms with Gasteiger partial charge in [0.05, 0.1) is 6.61 Å². The van der Waals surface area contributed by atoms with E-state index in [1.54, 1.807) is 0 Å². The van der Waals surface area contributed by atoms with Crippen molar-refractivity contribution in [3.05, 3.63) is 0 Å². The summed E-state index contributed by atoms with van der Waals surface area (Å²) in [6.45, 7) is 3.94. The minimum Gasteiger partial charge on any atom is -0.462 e. The molecule has 0 saturated carbocycles. The van der Waals surface area contributed by atoms with E-state index in [1.165, 1.54) is 193 Å². The molecular weight excluding hydrogens is 711 g/mol. The van der Waals surface area contributed by atoms with Crippen LogP contribution in [0.5, 0.6) is 0 Å². The third-order valence-corrected chi connectivity index (χ3v) is 11.8. The highest BCUT2D eigenvalue weighted by Gasteiger charge is 2.24. The zero-order valence-corrected chi connectivity index (χ0v) is 37.5. The first-order valence-corrected chi connectivity index (χ1v) is 25.2. The number of carbonyl (C=O) groups is 2. The van der Waals surface area contributed by atoms with Gasteiger partial charge >= 0.3 is 19.8 Å². The van der Waals surface area contributed by atoms with E-state index in [-0.39, 0.29) is 25.6 Å². The third-order valence-electron chi connectivity index (χ3n) is 10.9. The van der Waals surface area contributed by atoms with Crippen molar-refractivity contribution in [2.45, 2.75) is 264 Å². The van der Waals surface area contributed by atoms with Crippen LogP contribution < -0.4 is 0 Å². The monoisotopic (exact) mass is 803 g/mol. The molecule has 8 nitrogen and oxygen atoms in total. The van der Waals surface area contributed by atoms with Gasteiger partial charge in [0.25, 0.3) is 0 Å². The predicted molar refractivity (Wildman–Crippen MR) is 230 cm³/mol. The zero-order valence-electron chi connectivity index (χ0n) is 36.6. The topological polar surface area (TPSA) is 108 Å². The van der Waals surface area contributed by atoms with E-state index in [0.717, 1.165) is 45.6 Å². The Bertz CT molecular complexity index is 869. The largest absolute Gasteiger partial charge is 0.472 e. The predicted octanol–water partition coefficient (Wildman–Crippen LogP) is 15.1. The molecule has 0 aromatic rings. The van der Waals surface area contributed by atoms with Crippen LogP contribution in [0, 0.1) is 0 Å². The lowest BCUT2D eigenvalue weighted by Crippen LogP contribution is -2.29. The number of esters is 2. The molecule has 9 heteroatoms. The summed E-state index contributed by atoms with van der Waals surface area (Å²) in [7, 11) is -3.19. The van der Waals surface area contributed by atoms with Gasteiger partial charge in [-0.1, -0.05) is 232 Å². The molecule has 0 aliphatic heterocycles. The number of unbranched alkanes of at least 4 members (excludes halogenated alkanes) is 34. The normalized spacial score (nSPS) is 13.2. The third kappa shape index (κ3) is 42.5. The van der Waals surface area contributed by atoms with E-state index in [2.05, 4.69) is 18.4 Å². The maximum Gasteiger partial charge on any atom is 0.472 e. The average molecular weight is 803 g/mol. The molecule has 0 heterocycles. The number of phosphoric acid groups is 1. The first-order chi connectivity index (χ1) is 26.8. The number of phosphoric ester groups is 1. The number of hydrogen-bond donors (Lipinski definition) is 1. The van der Waals surface area contributed by atoms with E-state index >= 15 is 0 Å². The van der Waals surface area contributed by atoms with Gasteiger partial charge in [-0.05, 0) is 12.8 Å². The molecule has 0 saturated heterocycles. The molecule has 328 valence electrons. The van der Waals surface area contributed by atoms with Crippen LogP contribution >= 0.6 is 7.82 Å². The fourth-order valence-corrected chi connectivity index (χ4v) is 7.65. The Hall–Kier alpha value is -0.950. The Morgan fingerprint density at radius 2 is 0.709 bits per heavy atom. The molecule has 0 amide bonds. The van der Waals surface area contributed by atoms with Crippen LogP contribution in [0.25, 0.3) is 0 Å². The van der Waals surface area contributed by atoms with Crippen molar-refractivity contribution in [3.8, 4) is 0 Å². The molecule has 0 aliphatic rings. The minimum absolute atomic E-state index is 0.216. The summed E-state index contributed by atoms with van der Waals surface area (Å²) in [4.78, 5) is 34.5. The summed E-state index contributed by atoms with van der Waals surface area (Å²) in [6.07, 6.45) is 45.9. The summed E-state index contributed by atoms with van der Waals surface area (Å²) >= 11 is 0. The molecule has 0 spiro atoms. The smallest absolute Gasteiger partial charge is 0.462 e. The molecular formula is C46H91O8P. The van der Waals surface area contributed by atoms with Crippen molar-refractivity contribution in [1.82, 2.24) is 0 Å². The highest BCUT2D eigenvalue weighted by Crippen LogP contribution is 2.42. The molecule has 2 atom stereocenters. The lowest BCUT2D eigenvalue weighted by atomic mass is 10.0. The van der Waals surface area contributed by atoms with Gasteiger partial charge in [0.15, 0.2) is 6.10 Å². The van der Waals surface area contributed by atoms with Crippen molar-refractivity contribution >= 4 is 19.8 Å². The quantitative estimate of drug-likeness (QED) is 0.0368. The Kier molecular flexibility index (Phi) is 41.9. The van der Waals surface area contributed by atoms with Gasteiger partial charge in [0.1, 0.15) is 6.61 Å². The van der Waals surface area contributed by atoms with E-state index in [0.29, 0.717) is 6.42 Å². The zero-order chi connectivity index (χ0) is 40.3. The van der Waals surface area contributed by atoms with Crippen molar-refractivity contribution in [2.24, 2.45) is 0 Å². The van der Waals surface area contributed by atoms with Crippen LogP contribution in [0.3, 0.4) is 0 Å². The molecule has 0 aromatic carbocycles. The lowest BCUT2D eigenvalue weighted by molar-refractivity contribution is -0.161. The SMILES string of the molecule is CCCCCCCCCCCCCCCCCCCCCCCC(=O)OC(COC(=O)CCCCCCCCCCCCCCCCC)COP(=O)(O)OC. The van der Waals surface area contributed by atoms with Gasteiger partial charge < -0.3 is 14.4 Å². The van der Waals surface area contributed by atoms with Crippen molar-refractivity contribution < 1.29 is 37.6 Å². The van der Waals surface area contributed by atoms with E-state index < -0.39 is 19.9 Å². The Morgan fingerprint density at radius 1 is 0.436 bits per heavy atom. The highest BCUT2D eigenvalue weighted by molar-refractivity contribution is 7.47. The second-order valence-electron chi connectivity index (χ2n) is 16.3. The van der Waals surface area contributed by atoms with Gasteiger partial charge in [-0.25, -0.2) is 4.57 Å².